The molecule has 0 fully saturated rings. The Morgan fingerprint density at radius 1 is 0.955 bits per heavy atom. The maximum Gasteiger partial charge on any atom is 0.134 e. The van der Waals surface area contributed by atoms with Crippen molar-refractivity contribution in [3.63, 3.8) is 0 Å². The quantitative estimate of drug-likeness (QED) is 0.607. The fourth-order valence-electron chi connectivity index (χ4n) is 2.80. The molecule has 0 saturated heterocycles. The minimum Gasteiger partial charge on any atom is -0.460 e. The summed E-state index contributed by atoms with van der Waals surface area (Å²) in [5.74, 6) is 1.08. The Labute approximate surface area is 134 Å². The first-order chi connectivity index (χ1) is 10.7. The molecule has 1 heterocycles. The van der Waals surface area contributed by atoms with Gasteiger partial charge in [-0.15, -0.1) is 0 Å². The van der Waals surface area contributed by atoms with Gasteiger partial charge in [-0.3, -0.25) is 4.90 Å². The van der Waals surface area contributed by atoms with Crippen LogP contribution >= 0.6 is 0 Å². The van der Waals surface area contributed by atoms with E-state index in [2.05, 4.69) is 49.0 Å². The second kappa shape index (κ2) is 8.96. The lowest BCUT2D eigenvalue weighted by molar-refractivity contribution is 0.252. The van der Waals surface area contributed by atoms with Crippen LogP contribution in [0.3, 0.4) is 0 Å². The summed E-state index contributed by atoms with van der Waals surface area (Å²) in [4.78, 5) is 4.74. The molecule has 0 atom stereocenters. The third kappa shape index (κ3) is 5.47. The monoisotopic (exact) mass is 302 g/mol. The molecule has 0 aliphatic heterocycles. The number of fused-ring (bicyclic) bond motifs is 1. The van der Waals surface area contributed by atoms with Crippen LogP contribution in [0.25, 0.3) is 11.0 Å². The number of hydrogen-bond acceptors (Lipinski definition) is 3. The molecule has 0 bridgehead atoms. The Morgan fingerprint density at radius 3 is 2.36 bits per heavy atom. The van der Waals surface area contributed by atoms with Gasteiger partial charge in [0.25, 0.3) is 0 Å². The molecule has 0 amide bonds. The van der Waals surface area contributed by atoms with Crippen LogP contribution in [0.1, 0.15) is 38.4 Å². The van der Waals surface area contributed by atoms with Crippen LogP contribution < -0.4 is 0 Å². The van der Waals surface area contributed by atoms with Crippen LogP contribution in [-0.2, 0) is 6.54 Å². The van der Waals surface area contributed by atoms with E-state index in [1.54, 1.807) is 0 Å². The van der Waals surface area contributed by atoms with Gasteiger partial charge in [-0.2, -0.15) is 0 Å². The van der Waals surface area contributed by atoms with Crippen molar-refractivity contribution in [2.45, 2.75) is 39.2 Å². The smallest absolute Gasteiger partial charge is 0.134 e. The van der Waals surface area contributed by atoms with Crippen LogP contribution in [0.15, 0.2) is 34.7 Å². The minimum atomic E-state index is 0.920. The van der Waals surface area contributed by atoms with Crippen molar-refractivity contribution in [1.29, 1.82) is 0 Å². The van der Waals surface area contributed by atoms with E-state index in [-0.39, 0.29) is 0 Å². The summed E-state index contributed by atoms with van der Waals surface area (Å²) in [6.07, 6.45) is 5.25. The molecule has 0 aliphatic carbocycles. The molecule has 2 rings (SSSR count). The first-order valence-electron chi connectivity index (χ1n) is 8.53. The third-order valence-electron chi connectivity index (χ3n) is 4.13. The molecule has 0 spiro atoms. The van der Waals surface area contributed by atoms with Gasteiger partial charge in [0.1, 0.15) is 11.3 Å². The Morgan fingerprint density at radius 2 is 1.68 bits per heavy atom. The molecule has 0 aliphatic rings. The fourth-order valence-corrected chi connectivity index (χ4v) is 2.80. The second-order valence-corrected chi connectivity index (χ2v) is 6.34. The van der Waals surface area contributed by atoms with Gasteiger partial charge in [-0.05, 0) is 58.7 Å². The molecule has 22 heavy (non-hydrogen) atoms. The third-order valence-corrected chi connectivity index (χ3v) is 4.13. The number of hydrogen-bond donors (Lipinski definition) is 0. The molecule has 1 aromatic heterocycles. The highest BCUT2D eigenvalue weighted by Gasteiger charge is 2.08. The molecule has 0 radical (unpaired) electrons. The topological polar surface area (TPSA) is 19.6 Å². The summed E-state index contributed by atoms with van der Waals surface area (Å²) in [6, 6.07) is 10.4. The first kappa shape index (κ1) is 17.0. The van der Waals surface area contributed by atoms with E-state index in [0.717, 1.165) is 31.0 Å². The Bertz CT molecular complexity index is 514. The normalized spacial score (nSPS) is 11.9. The van der Waals surface area contributed by atoms with E-state index in [0.29, 0.717) is 0 Å². The standard InChI is InChI=1S/C19H30N2O/c1-4-21(14-10-6-5-9-13-20(2)3)16-18-15-17-11-7-8-12-19(17)22-18/h7-8,11-12,15H,4-6,9-10,13-14,16H2,1-3H3. The average Bonchev–Trinajstić information content (AvgIpc) is 2.91. The zero-order chi connectivity index (χ0) is 15.8. The number of benzene rings is 1. The van der Waals surface area contributed by atoms with Gasteiger partial charge in [0.2, 0.25) is 0 Å². The summed E-state index contributed by atoms with van der Waals surface area (Å²) in [5.41, 5.74) is 0.997. The molecule has 0 saturated carbocycles. The highest BCUT2D eigenvalue weighted by molar-refractivity contribution is 5.77. The van der Waals surface area contributed by atoms with E-state index in [1.165, 1.54) is 37.6 Å². The summed E-state index contributed by atoms with van der Waals surface area (Å²) in [5, 5.41) is 1.21. The first-order valence-corrected chi connectivity index (χ1v) is 8.53. The van der Waals surface area contributed by atoms with Crippen LogP contribution in [0.2, 0.25) is 0 Å². The number of rotatable bonds is 10. The molecular weight excluding hydrogens is 272 g/mol. The van der Waals surface area contributed by atoms with Crippen LogP contribution in [0, 0.1) is 0 Å². The van der Waals surface area contributed by atoms with Crippen molar-refractivity contribution in [3.05, 3.63) is 36.1 Å². The van der Waals surface area contributed by atoms with E-state index in [1.807, 2.05) is 12.1 Å². The maximum absolute atomic E-state index is 5.92. The molecule has 0 N–H and O–H groups in total. The van der Waals surface area contributed by atoms with Crippen molar-refractivity contribution in [1.82, 2.24) is 9.80 Å². The van der Waals surface area contributed by atoms with Gasteiger partial charge < -0.3 is 9.32 Å². The van der Waals surface area contributed by atoms with E-state index in [9.17, 15) is 0 Å². The van der Waals surface area contributed by atoms with Gasteiger partial charge in [0.15, 0.2) is 0 Å². The molecular formula is C19H30N2O. The minimum absolute atomic E-state index is 0.920. The van der Waals surface area contributed by atoms with Crippen molar-refractivity contribution in [2.75, 3.05) is 33.7 Å². The number of para-hydroxylation sites is 1. The van der Waals surface area contributed by atoms with E-state index < -0.39 is 0 Å². The van der Waals surface area contributed by atoms with Gasteiger partial charge in [-0.1, -0.05) is 38.0 Å². The zero-order valence-electron chi connectivity index (χ0n) is 14.3. The van der Waals surface area contributed by atoms with E-state index in [4.69, 9.17) is 4.42 Å². The van der Waals surface area contributed by atoms with Crippen molar-refractivity contribution < 1.29 is 4.42 Å². The number of furan rings is 1. The lowest BCUT2D eigenvalue weighted by Gasteiger charge is -2.19. The number of unbranched alkanes of at least 4 members (excludes halogenated alkanes) is 3. The maximum atomic E-state index is 5.92. The summed E-state index contributed by atoms with van der Waals surface area (Å²) in [7, 11) is 4.29. The summed E-state index contributed by atoms with van der Waals surface area (Å²) >= 11 is 0. The lowest BCUT2D eigenvalue weighted by Crippen LogP contribution is -2.23. The molecule has 2 aromatic rings. The molecule has 1 aromatic carbocycles. The second-order valence-electron chi connectivity index (χ2n) is 6.34. The van der Waals surface area contributed by atoms with Gasteiger partial charge in [0, 0.05) is 5.39 Å². The zero-order valence-corrected chi connectivity index (χ0v) is 14.3. The molecule has 3 heteroatoms. The SMILES string of the molecule is CCN(CCCCCCN(C)C)Cc1cc2ccccc2o1. The molecule has 122 valence electrons. The largest absolute Gasteiger partial charge is 0.460 e. The van der Waals surface area contributed by atoms with Crippen LogP contribution in [0.4, 0.5) is 0 Å². The van der Waals surface area contributed by atoms with Gasteiger partial charge in [-0.25, -0.2) is 0 Å². The lowest BCUT2D eigenvalue weighted by atomic mass is 10.2. The fraction of sp³-hybridized carbons (Fsp3) is 0.579. The number of nitrogens with zero attached hydrogens (tertiary/aromatic N) is 2. The molecule has 0 unspecified atom stereocenters. The average molecular weight is 302 g/mol. The predicted molar refractivity (Wildman–Crippen MR) is 94.2 cm³/mol. The van der Waals surface area contributed by atoms with E-state index >= 15 is 0 Å². The van der Waals surface area contributed by atoms with Gasteiger partial charge >= 0.3 is 0 Å². The van der Waals surface area contributed by atoms with Gasteiger partial charge in [0.05, 0.1) is 6.54 Å². The molecule has 3 nitrogen and oxygen atoms in total. The van der Waals surface area contributed by atoms with Crippen LogP contribution in [-0.4, -0.2) is 43.5 Å². The highest BCUT2D eigenvalue weighted by Crippen LogP contribution is 2.20. The Balaban J connectivity index is 1.72. The predicted octanol–water partition coefficient (Wildman–Crippen LogP) is 4.38. The summed E-state index contributed by atoms with van der Waals surface area (Å²) < 4.78 is 5.92. The Hall–Kier alpha value is -1.32. The van der Waals surface area contributed by atoms with Crippen molar-refractivity contribution in [2.24, 2.45) is 0 Å². The highest BCUT2D eigenvalue weighted by atomic mass is 16.3. The van der Waals surface area contributed by atoms with Crippen LogP contribution in [0.5, 0.6) is 0 Å². The van der Waals surface area contributed by atoms with Crippen molar-refractivity contribution in [3.8, 4) is 0 Å². The van der Waals surface area contributed by atoms with Crippen molar-refractivity contribution >= 4 is 11.0 Å². The Kier molecular flexibility index (Phi) is 6.94. The summed E-state index contributed by atoms with van der Waals surface area (Å²) in [6.45, 7) is 6.60.